The molecule has 1 heterocycles. The molecule has 0 unspecified atom stereocenters. The quantitative estimate of drug-likeness (QED) is 0.947. The highest BCUT2D eigenvalue weighted by Gasteiger charge is 2.36. The van der Waals surface area contributed by atoms with E-state index in [1.165, 1.54) is 37.9 Å². The van der Waals surface area contributed by atoms with Crippen LogP contribution >= 0.6 is 11.3 Å². The molecule has 20 heavy (non-hydrogen) atoms. The summed E-state index contributed by atoms with van der Waals surface area (Å²) in [6.07, 6.45) is 0. The zero-order valence-electron chi connectivity index (χ0n) is 11.3. The zero-order valence-corrected chi connectivity index (χ0v) is 12.1. The van der Waals surface area contributed by atoms with Crippen LogP contribution in [0.15, 0.2) is 24.3 Å². The van der Waals surface area contributed by atoms with Crippen molar-refractivity contribution in [2.45, 2.75) is 19.4 Å². The van der Waals surface area contributed by atoms with E-state index >= 15 is 0 Å². The molecule has 2 aromatic rings. The number of thiophene rings is 1. The molecule has 0 bridgehead atoms. The van der Waals surface area contributed by atoms with Crippen LogP contribution < -0.4 is 0 Å². The molecule has 0 aliphatic heterocycles. The Morgan fingerprint density at radius 2 is 1.95 bits per heavy atom. The fourth-order valence-corrected chi connectivity index (χ4v) is 2.74. The Hall–Kier alpha value is -1.95. The van der Waals surface area contributed by atoms with Gasteiger partial charge in [-0.3, -0.25) is 4.79 Å². The van der Waals surface area contributed by atoms with E-state index in [1.807, 2.05) is 0 Å². The van der Waals surface area contributed by atoms with Crippen LogP contribution in [0.2, 0.25) is 0 Å². The van der Waals surface area contributed by atoms with Crippen LogP contribution in [0.25, 0.3) is 10.1 Å². The number of hydrogen-bond acceptors (Lipinski definition) is 3. The van der Waals surface area contributed by atoms with Crippen molar-refractivity contribution in [3.8, 4) is 0 Å². The molecule has 4 nitrogen and oxygen atoms in total. The number of benzene rings is 1. The average molecular weight is 295 g/mol. The van der Waals surface area contributed by atoms with Gasteiger partial charge in [-0.15, -0.1) is 11.3 Å². The Morgan fingerprint density at radius 1 is 1.30 bits per heavy atom. The van der Waals surface area contributed by atoms with Crippen LogP contribution in [0.1, 0.15) is 23.5 Å². The van der Waals surface area contributed by atoms with E-state index in [4.69, 9.17) is 5.11 Å². The fraction of sp³-hybridized carbons (Fsp3) is 0.286. The van der Waals surface area contributed by atoms with E-state index in [0.717, 1.165) is 16.7 Å². The van der Waals surface area contributed by atoms with Crippen molar-refractivity contribution in [1.29, 1.82) is 0 Å². The SMILES string of the molecule is CN(C(=O)c1cc2ccc(F)cc2s1)C(C)(C)C(=O)O. The first kappa shape index (κ1) is 14.5. The van der Waals surface area contributed by atoms with Crippen LogP contribution in [0.5, 0.6) is 0 Å². The van der Waals surface area contributed by atoms with Gasteiger partial charge in [0.25, 0.3) is 5.91 Å². The molecule has 0 spiro atoms. The molecule has 0 saturated heterocycles. The summed E-state index contributed by atoms with van der Waals surface area (Å²) in [6.45, 7) is 2.92. The number of aliphatic carboxylic acids is 1. The van der Waals surface area contributed by atoms with Gasteiger partial charge in [-0.2, -0.15) is 0 Å². The number of rotatable bonds is 3. The van der Waals surface area contributed by atoms with E-state index in [0.29, 0.717) is 9.58 Å². The van der Waals surface area contributed by atoms with E-state index in [2.05, 4.69) is 0 Å². The van der Waals surface area contributed by atoms with Gasteiger partial charge in [-0.1, -0.05) is 6.07 Å². The first-order valence-corrected chi connectivity index (χ1v) is 6.76. The van der Waals surface area contributed by atoms with Crippen LogP contribution in [0.3, 0.4) is 0 Å². The number of nitrogens with zero attached hydrogens (tertiary/aromatic N) is 1. The maximum atomic E-state index is 13.1. The van der Waals surface area contributed by atoms with Crippen LogP contribution in [-0.2, 0) is 4.79 Å². The topological polar surface area (TPSA) is 57.6 Å². The number of carbonyl (C=O) groups is 2. The molecular weight excluding hydrogens is 281 g/mol. The number of halogens is 1. The molecule has 0 fully saturated rings. The Bertz CT molecular complexity index is 693. The summed E-state index contributed by atoms with van der Waals surface area (Å²) in [5.74, 6) is -1.84. The average Bonchev–Trinajstić information content (AvgIpc) is 2.79. The second-order valence-corrected chi connectivity index (χ2v) is 6.10. The van der Waals surface area contributed by atoms with Gasteiger partial charge in [0, 0.05) is 11.7 Å². The van der Waals surface area contributed by atoms with Crippen molar-refractivity contribution < 1.29 is 19.1 Å². The van der Waals surface area contributed by atoms with Crippen LogP contribution in [-0.4, -0.2) is 34.5 Å². The van der Waals surface area contributed by atoms with Gasteiger partial charge in [0.15, 0.2) is 0 Å². The number of amides is 1. The molecular formula is C14H14FNO3S. The largest absolute Gasteiger partial charge is 0.480 e. The number of fused-ring (bicyclic) bond motifs is 1. The summed E-state index contributed by atoms with van der Waals surface area (Å²) in [7, 11) is 1.45. The Morgan fingerprint density at radius 3 is 2.55 bits per heavy atom. The highest BCUT2D eigenvalue weighted by molar-refractivity contribution is 7.20. The third-order valence-corrected chi connectivity index (χ3v) is 4.45. The summed E-state index contributed by atoms with van der Waals surface area (Å²) in [5.41, 5.74) is -1.31. The molecule has 0 atom stereocenters. The summed E-state index contributed by atoms with van der Waals surface area (Å²) >= 11 is 1.15. The van der Waals surface area contributed by atoms with E-state index in [1.54, 1.807) is 12.1 Å². The van der Waals surface area contributed by atoms with Crippen molar-refractivity contribution in [1.82, 2.24) is 4.90 Å². The molecule has 6 heteroatoms. The monoisotopic (exact) mass is 295 g/mol. The van der Waals surface area contributed by atoms with Gasteiger partial charge in [-0.05, 0) is 37.4 Å². The van der Waals surface area contributed by atoms with E-state index in [9.17, 15) is 14.0 Å². The number of hydrogen-bond donors (Lipinski definition) is 1. The molecule has 1 N–H and O–H groups in total. The minimum atomic E-state index is -1.31. The number of carboxylic acids is 1. The molecule has 0 saturated carbocycles. The first-order valence-electron chi connectivity index (χ1n) is 5.94. The number of carbonyl (C=O) groups excluding carboxylic acids is 1. The van der Waals surface area contributed by atoms with Gasteiger partial charge in [-0.25, -0.2) is 9.18 Å². The summed E-state index contributed by atoms with van der Waals surface area (Å²) < 4.78 is 13.8. The van der Waals surface area contributed by atoms with Gasteiger partial charge in [0.05, 0.1) is 4.88 Å². The van der Waals surface area contributed by atoms with Crippen LogP contribution in [0.4, 0.5) is 4.39 Å². The van der Waals surface area contributed by atoms with Gasteiger partial charge >= 0.3 is 5.97 Å². The number of likely N-dealkylation sites (N-methyl/N-ethyl adjacent to an activating group) is 1. The lowest BCUT2D eigenvalue weighted by atomic mass is 10.0. The lowest BCUT2D eigenvalue weighted by molar-refractivity contribution is -0.147. The fourth-order valence-electron chi connectivity index (χ4n) is 1.67. The standard InChI is InChI=1S/C14H14FNO3S/c1-14(2,13(18)19)16(3)12(17)11-6-8-4-5-9(15)7-10(8)20-11/h4-7H,1-3H3,(H,18,19). The predicted octanol–water partition coefficient (Wildman–Crippen LogP) is 2.98. The summed E-state index contributed by atoms with van der Waals surface area (Å²) in [4.78, 5) is 25.1. The van der Waals surface area contributed by atoms with E-state index < -0.39 is 11.5 Å². The van der Waals surface area contributed by atoms with Gasteiger partial charge in [0.1, 0.15) is 11.4 Å². The highest BCUT2D eigenvalue weighted by atomic mass is 32.1. The Balaban J connectivity index is 2.38. The molecule has 1 aromatic carbocycles. The van der Waals surface area contributed by atoms with Crippen molar-refractivity contribution in [3.05, 3.63) is 35.0 Å². The Kier molecular flexibility index (Phi) is 3.52. The van der Waals surface area contributed by atoms with Crippen molar-refractivity contribution >= 4 is 33.3 Å². The zero-order chi connectivity index (χ0) is 15.1. The first-order chi connectivity index (χ1) is 9.23. The van der Waals surface area contributed by atoms with Crippen molar-refractivity contribution in [2.24, 2.45) is 0 Å². The van der Waals surface area contributed by atoms with Gasteiger partial charge < -0.3 is 10.0 Å². The van der Waals surface area contributed by atoms with Gasteiger partial charge in [0.2, 0.25) is 0 Å². The third kappa shape index (κ3) is 2.38. The predicted molar refractivity (Wildman–Crippen MR) is 75.6 cm³/mol. The van der Waals surface area contributed by atoms with E-state index in [-0.39, 0.29) is 11.7 Å². The molecule has 0 radical (unpaired) electrons. The minimum Gasteiger partial charge on any atom is -0.480 e. The van der Waals surface area contributed by atoms with Crippen molar-refractivity contribution in [2.75, 3.05) is 7.05 Å². The normalized spacial score (nSPS) is 11.6. The smallest absolute Gasteiger partial charge is 0.329 e. The molecule has 1 amide bonds. The number of carboxylic acid groups (broad SMARTS) is 1. The maximum absolute atomic E-state index is 13.1. The highest BCUT2D eigenvalue weighted by Crippen LogP contribution is 2.28. The minimum absolute atomic E-state index is 0.363. The lowest BCUT2D eigenvalue weighted by Crippen LogP contribution is -2.50. The summed E-state index contributed by atoms with van der Waals surface area (Å²) in [5, 5.41) is 9.91. The summed E-state index contributed by atoms with van der Waals surface area (Å²) in [6, 6.07) is 5.93. The molecule has 2 rings (SSSR count). The molecule has 0 aliphatic rings. The van der Waals surface area contributed by atoms with Crippen LogP contribution in [0, 0.1) is 5.82 Å². The second-order valence-electron chi connectivity index (χ2n) is 5.02. The molecule has 0 aliphatic carbocycles. The lowest BCUT2D eigenvalue weighted by Gasteiger charge is -2.31. The second kappa shape index (κ2) is 4.86. The Labute approximate surface area is 119 Å². The molecule has 106 valence electrons. The third-order valence-electron chi connectivity index (χ3n) is 3.36. The van der Waals surface area contributed by atoms with Crippen molar-refractivity contribution in [3.63, 3.8) is 0 Å². The molecule has 1 aromatic heterocycles. The maximum Gasteiger partial charge on any atom is 0.329 e.